The average Bonchev–Trinajstić information content (AvgIpc) is 3.16. The molecule has 2 heterocycles. The van der Waals surface area contributed by atoms with Gasteiger partial charge in [0.15, 0.2) is 23.0 Å². The van der Waals surface area contributed by atoms with Crippen LogP contribution in [0.15, 0.2) is 35.1 Å². The molecule has 1 aromatic heterocycles. The third-order valence-corrected chi connectivity index (χ3v) is 5.01. The molecule has 7 heteroatoms. The second-order valence-electron chi connectivity index (χ2n) is 6.50. The molecule has 0 bridgehead atoms. The number of hydrogen-bond acceptors (Lipinski definition) is 6. The summed E-state index contributed by atoms with van der Waals surface area (Å²) in [5, 5.41) is 10.7. The first-order chi connectivity index (χ1) is 13.6. The van der Waals surface area contributed by atoms with Crippen molar-refractivity contribution in [3.05, 3.63) is 46.2 Å². The largest absolute Gasteiger partial charge is 0.493 e. The van der Waals surface area contributed by atoms with Crippen molar-refractivity contribution in [2.24, 2.45) is 7.05 Å². The SMILES string of the molecule is COc1ccc2cc(-c3cc4c(cc3CCO)OCO4)n(C)c(=O)c2c1OC. The molecule has 0 saturated carbocycles. The van der Waals surface area contributed by atoms with Crippen LogP contribution >= 0.6 is 0 Å². The number of fused-ring (bicyclic) bond motifs is 2. The Kier molecular flexibility index (Phi) is 4.60. The Hall–Kier alpha value is -3.19. The molecule has 0 spiro atoms. The number of nitrogens with zero attached hydrogens (tertiary/aromatic N) is 1. The number of aliphatic hydroxyl groups excluding tert-OH is 1. The first-order valence-electron chi connectivity index (χ1n) is 8.87. The van der Waals surface area contributed by atoms with Crippen LogP contribution in [0, 0.1) is 0 Å². The molecular formula is C21H21NO6. The minimum atomic E-state index is -0.198. The van der Waals surface area contributed by atoms with Crippen LogP contribution in [-0.4, -0.2) is 37.3 Å². The third kappa shape index (κ3) is 2.75. The van der Waals surface area contributed by atoms with Gasteiger partial charge in [0, 0.05) is 19.2 Å². The Balaban J connectivity index is 2.01. The van der Waals surface area contributed by atoms with Gasteiger partial charge in [0.2, 0.25) is 6.79 Å². The first-order valence-corrected chi connectivity index (χ1v) is 8.87. The summed E-state index contributed by atoms with van der Waals surface area (Å²) in [6.07, 6.45) is 0.435. The summed E-state index contributed by atoms with van der Waals surface area (Å²) in [6.45, 7) is 0.143. The van der Waals surface area contributed by atoms with Crippen LogP contribution < -0.4 is 24.5 Å². The van der Waals surface area contributed by atoms with Gasteiger partial charge >= 0.3 is 0 Å². The molecule has 1 aliphatic rings. The number of pyridine rings is 1. The number of rotatable bonds is 5. The van der Waals surface area contributed by atoms with Crippen molar-refractivity contribution in [2.45, 2.75) is 6.42 Å². The van der Waals surface area contributed by atoms with Crippen LogP contribution in [0.2, 0.25) is 0 Å². The van der Waals surface area contributed by atoms with E-state index in [4.69, 9.17) is 18.9 Å². The molecule has 3 aromatic rings. The van der Waals surface area contributed by atoms with Gasteiger partial charge in [-0.1, -0.05) is 6.07 Å². The molecule has 4 rings (SSSR count). The molecular weight excluding hydrogens is 362 g/mol. The van der Waals surface area contributed by atoms with Crippen molar-refractivity contribution in [1.29, 1.82) is 0 Å². The molecule has 2 aromatic carbocycles. The van der Waals surface area contributed by atoms with E-state index in [0.29, 0.717) is 40.5 Å². The number of aliphatic hydroxyl groups is 1. The van der Waals surface area contributed by atoms with Crippen LogP contribution in [0.1, 0.15) is 5.56 Å². The summed E-state index contributed by atoms with van der Waals surface area (Å²) in [7, 11) is 4.77. The van der Waals surface area contributed by atoms with Gasteiger partial charge in [0.1, 0.15) is 0 Å². The van der Waals surface area contributed by atoms with Gasteiger partial charge in [-0.25, -0.2) is 0 Å². The van der Waals surface area contributed by atoms with E-state index >= 15 is 0 Å². The minimum absolute atomic E-state index is 0.0147. The highest BCUT2D eigenvalue weighted by molar-refractivity contribution is 5.92. The number of methoxy groups -OCH3 is 2. The zero-order chi connectivity index (χ0) is 19.8. The lowest BCUT2D eigenvalue weighted by Gasteiger charge is -2.17. The van der Waals surface area contributed by atoms with E-state index in [1.165, 1.54) is 14.2 Å². The Morgan fingerprint density at radius 1 is 1.11 bits per heavy atom. The van der Waals surface area contributed by atoms with E-state index in [2.05, 4.69) is 0 Å². The molecule has 1 aliphatic heterocycles. The lowest BCUT2D eigenvalue weighted by Crippen LogP contribution is -2.19. The zero-order valence-electron chi connectivity index (χ0n) is 15.9. The van der Waals surface area contributed by atoms with Crippen molar-refractivity contribution in [2.75, 3.05) is 27.6 Å². The molecule has 0 unspecified atom stereocenters. The van der Waals surface area contributed by atoms with E-state index in [0.717, 1.165) is 16.5 Å². The lowest BCUT2D eigenvalue weighted by molar-refractivity contribution is 0.174. The van der Waals surface area contributed by atoms with Crippen molar-refractivity contribution < 1.29 is 24.1 Å². The van der Waals surface area contributed by atoms with Gasteiger partial charge in [-0.3, -0.25) is 4.79 Å². The Bertz CT molecular complexity index is 1120. The lowest BCUT2D eigenvalue weighted by atomic mass is 9.98. The van der Waals surface area contributed by atoms with Gasteiger partial charge in [-0.15, -0.1) is 0 Å². The van der Waals surface area contributed by atoms with E-state index in [-0.39, 0.29) is 19.0 Å². The normalized spacial score (nSPS) is 12.4. The van der Waals surface area contributed by atoms with E-state index < -0.39 is 0 Å². The molecule has 0 amide bonds. The topological polar surface area (TPSA) is 79.2 Å². The maximum Gasteiger partial charge on any atom is 0.262 e. The number of aromatic nitrogens is 1. The number of benzene rings is 2. The fraction of sp³-hybridized carbons (Fsp3) is 0.286. The van der Waals surface area contributed by atoms with E-state index in [1.807, 2.05) is 24.3 Å². The van der Waals surface area contributed by atoms with Crippen molar-refractivity contribution in [1.82, 2.24) is 4.57 Å². The van der Waals surface area contributed by atoms with Gasteiger partial charge in [0.05, 0.1) is 25.3 Å². The molecule has 146 valence electrons. The highest BCUT2D eigenvalue weighted by atomic mass is 16.7. The van der Waals surface area contributed by atoms with Crippen molar-refractivity contribution >= 4 is 10.8 Å². The van der Waals surface area contributed by atoms with Crippen LogP contribution in [0.25, 0.3) is 22.0 Å². The third-order valence-electron chi connectivity index (χ3n) is 5.01. The summed E-state index contributed by atoms with van der Waals surface area (Å²) in [4.78, 5) is 13.2. The predicted octanol–water partition coefficient (Wildman–Crippen LogP) is 2.49. The smallest absolute Gasteiger partial charge is 0.262 e. The first kappa shape index (κ1) is 18.2. The molecule has 0 saturated heterocycles. The minimum Gasteiger partial charge on any atom is -0.493 e. The highest BCUT2D eigenvalue weighted by Gasteiger charge is 2.21. The molecule has 0 fully saturated rings. The molecule has 28 heavy (non-hydrogen) atoms. The summed E-state index contributed by atoms with van der Waals surface area (Å²) < 4.78 is 23.3. The maximum absolute atomic E-state index is 13.2. The monoisotopic (exact) mass is 383 g/mol. The fourth-order valence-electron chi connectivity index (χ4n) is 3.61. The van der Waals surface area contributed by atoms with Crippen LogP contribution in [0.5, 0.6) is 23.0 Å². The average molecular weight is 383 g/mol. The molecule has 0 radical (unpaired) electrons. The van der Waals surface area contributed by atoms with Crippen molar-refractivity contribution in [3.63, 3.8) is 0 Å². The van der Waals surface area contributed by atoms with Crippen LogP contribution in [-0.2, 0) is 13.5 Å². The second-order valence-corrected chi connectivity index (χ2v) is 6.50. The van der Waals surface area contributed by atoms with Gasteiger partial charge in [-0.2, -0.15) is 0 Å². The van der Waals surface area contributed by atoms with Crippen LogP contribution in [0.4, 0.5) is 0 Å². The van der Waals surface area contributed by atoms with E-state index in [9.17, 15) is 9.90 Å². The quantitative estimate of drug-likeness (QED) is 0.729. The van der Waals surface area contributed by atoms with Crippen molar-refractivity contribution in [3.8, 4) is 34.3 Å². The summed E-state index contributed by atoms with van der Waals surface area (Å²) in [5.74, 6) is 2.18. The molecule has 0 atom stereocenters. The summed E-state index contributed by atoms with van der Waals surface area (Å²) in [5.41, 5.74) is 2.21. The second kappa shape index (κ2) is 7.09. The zero-order valence-corrected chi connectivity index (χ0v) is 15.9. The number of ether oxygens (including phenoxy) is 4. The van der Waals surface area contributed by atoms with Gasteiger partial charge < -0.3 is 28.6 Å². The Morgan fingerprint density at radius 2 is 1.86 bits per heavy atom. The molecule has 7 nitrogen and oxygen atoms in total. The summed E-state index contributed by atoms with van der Waals surface area (Å²) >= 11 is 0. The maximum atomic E-state index is 13.2. The molecule has 0 aliphatic carbocycles. The van der Waals surface area contributed by atoms with Gasteiger partial charge in [-0.05, 0) is 41.6 Å². The summed E-state index contributed by atoms with van der Waals surface area (Å²) in [6, 6.07) is 9.25. The van der Waals surface area contributed by atoms with E-state index in [1.54, 1.807) is 17.7 Å². The van der Waals surface area contributed by atoms with Gasteiger partial charge in [0.25, 0.3) is 5.56 Å². The Labute approximate surface area is 161 Å². The molecule has 1 N–H and O–H groups in total. The fourth-order valence-corrected chi connectivity index (χ4v) is 3.61. The standard InChI is InChI=1S/C21H21NO6/c1-22-15(14-10-18-17(27-11-28-18)9-12(14)6-7-23)8-13-4-5-16(25-2)20(26-3)19(13)21(22)24/h4-5,8-10,23H,6-7,11H2,1-3H3. The van der Waals surface area contributed by atoms with Crippen LogP contribution in [0.3, 0.4) is 0 Å². The Morgan fingerprint density at radius 3 is 2.54 bits per heavy atom. The highest BCUT2D eigenvalue weighted by Crippen LogP contribution is 2.40. The number of hydrogen-bond donors (Lipinski definition) is 1. The predicted molar refractivity (Wildman–Crippen MR) is 105 cm³/mol.